The van der Waals surface area contributed by atoms with Crippen LogP contribution in [0.5, 0.6) is 0 Å². The van der Waals surface area contributed by atoms with E-state index >= 15 is 0 Å². The van der Waals surface area contributed by atoms with Crippen LogP contribution in [0, 0.1) is 5.82 Å². The first-order valence-corrected chi connectivity index (χ1v) is 10.6. The van der Waals surface area contributed by atoms with Gasteiger partial charge in [0.05, 0.1) is 6.04 Å². The lowest BCUT2D eigenvalue weighted by Crippen LogP contribution is -2.56. The number of nitrogens with zero attached hydrogens (tertiary/aromatic N) is 3. The number of Topliss-reactive ketones (excluding diaryl/α,β-unsaturated/α-hetero) is 1. The summed E-state index contributed by atoms with van der Waals surface area (Å²) in [5, 5.41) is 2.92. The van der Waals surface area contributed by atoms with E-state index < -0.39 is 0 Å². The third kappa shape index (κ3) is 5.34. The number of hydrogen-bond donors (Lipinski definition) is 1. The molecular weight excluding hydrogens is 383 g/mol. The minimum atomic E-state index is -0.326. The van der Waals surface area contributed by atoms with Gasteiger partial charge >= 0.3 is 6.03 Å². The lowest BCUT2D eigenvalue weighted by Gasteiger charge is -2.41. The number of halogens is 1. The lowest BCUT2D eigenvalue weighted by molar-refractivity contribution is 0.0810. The van der Waals surface area contributed by atoms with Crippen molar-refractivity contribution in [2.75, 3.05) is 45.8 Å². The minimum Gasteiger partial charge on any atom is -0.336 e. The number of nitrogens with one attached hydrogen (secondary N) is 1. The van der Waals surface area contributed by atoms with Crippen LogP contribution in [-0.2, 0) is 0 Å². The highest BCUT2D eigenvalue weighted by molar-refractivity contribution is 5.95. The van der Waals surface area contributed by atoms with E-state index in [0.717, 1.165) is 39.1 Å². The molecule has 0 saturated carbocycles. The number of carbonyl (C=O) groups excluding carboxylic acids is 2. The molecular formula is C23H31FN4O2. The largest absolute Gasteiger partial charge is 0.336 e. The van der Waals surface area contributed by atoms with Crippen molar-refractivity contribution in [1.29, 1.82) is 0 Å². The second-order valence-electron chi connectivity index (χ2n) is 7.83. The zero-order valence-corrected chi connectivity index (χ0v) is 17.4. The number of carbonyl (C=O) groups is 2. The fourth-order valence-corrected chi connectivity index (χ4v) is 4.29. The molecule has 2 fully saturated rings. The zero-order chi connectivity index (χ0) is 21.5. The van der Waals surface area contributed by atoms with Crippen molar-refractivity contribution in [3.8, 4) is 0 Å². The Morgan fingerprint density at radius 1 is 1.20 bits per heavy atom. The van der Waals surface area contributed by atoms with Crippen molar-refractivity contribution < 1.29 is 14.0 Å². The lowest BCUT2D eigenvalue weighted by atomic mass is 10.0. The highest BCUT2D eigenvalue weighted by Gasteiger charge is 2.37. The molecule has 2 unspecified atom stereocenters. The Bertz CT molecular complexity index is 759. The molecule has 2 saturated heterocycles. The summed E-state index contributed by atoms with van der Waals surface area (Å²) in [7, 11) is 0. The molecule has 1 aromatic rings. The van der Waals surface area contributed by atoms with E-state index in [9.17, 15) is 14.0 Å². The number of amides is 2. The van der Waals surface area contributed by atoms with Crippen LogP contribution in [0.1, 0.15) is 23.2 Å². The first kappa shape index (κ1) is 22.2. The summed E-state index contributed by atoms with van der Waals surface area (Å²) in [5.74, 6) is -0.270. The van der Waals surface area contributed by atoms with E-state index in [-0.39, 0.29) is 29.7 Å². The monoisotopic (exact) mass is 414 g/mol. The molecule has 1 N–H and O–H groups in total. The second-order valence-corrected chi connectivity index (χ2v) is 7.83. The normalized spacial score (nSPS) is 21.3. The van der Waals surface area contributed by atoms with Crippen LogP contribution >= 0.6 is 0 Å². The summed E-state index contributed by atoms with van der Waals surface area (Å²) in [6, 6.07) is 5.86. The van der Waals surface area contributed by atoms with E-state index in [2.05, 4.69) is 28.3 Å². The van der Waals surface area contributed by atoms with Gasteiger partial charge in [-0.1, -0.05) is 12.2 Å². The molecule has 2 aliphatic heterocycles. The molecule has 3 rings (SSSR count). The highest BCUT2D eigenvalue weighted by Crippen LogP contribution is 2.19. The molecule has 0 aliphatic carbocycles. The summed E-state index contributed by atoms with van der Waals surface area (Å²) in [5.41, 5.74) is 0.568. The maximum absolute atomic E-state index is 13.0. The molecule has 2 amide bonds. The van der Waals surface area contributed by atoms with Gasteiger partial charge in [0.15, 0.2) is 5.78 Å². The van der Waals surface area contributed by atoms with Gasteiger partial charge in [-0.3, -0.25) is 9.69 Å². The Labute approximate surface area is 178 Å². The van der Waals surface area contributed by atoms with Crippen LogP contribution in [0.3, 0.4) is 0 Å². The van der Waals surface area contributed by atoms with Crippen LogP contribution in [-0.4, -0.2) is 84.4 Å². The van der Waals surface area contributed by atoms with Gasteiger partial charge in [-0.25, -0.2) is 9.18 Å². The molecule has 0 radical (unpaired) electrons. The van der Waals surface area contributed by atoms with E-state index in [1.165, 1.54) is 12.1 Å². The Morgan fingerprint density at radius 2 is 1.90 bits per heavy atom. The van der Waals surface area contributed by atoms with Crippen LogP contribution in [0.25, 0.3) is 0 Å². The van der Waals surface area contributed by atoms with Crippen molar-refractivity contribution in [3.63, 3.8) is 0 Å². The SMILES string of the molecule is C=CCN1C(=O)NCC1C(C=C)N1CCN(CCCC(=O)c2ccc(F)cc2)CC1. The van der Waals surface area contributed by atoms with Crippen LogP contribution in [0.4, 0.5) is 9.18 Å². The second kappa shape index (κ2) is 10.5. The van der Waals surface area contributed by atoms with Crippen molar-refractivity contribution in [1.82, 2.24) is 20.0 Å². The zero-order valence-electron chi connectivity index (χ0n) is 17.4. The maximum atomic E-state index is 13.0. The molecule has 2 atom stereocenters. The first-order chi connectivity index (χ1) is 14.5. The molecule has 30 heavy (non-hydrogen) atoms. The molecule has 7 heteroatoms. The number of benzene rings is 1. The summed E-state index contributed by atoms with van der Waals surface area (Å²) < 4.78 is 13.0. The number of urea groups is 1. The van der Waals surface area contributed by atoms with Gasteiger partial charge in [0.25, 0.3) is 0 Å². The van der Waals surface area contributed by atoms with E-state index in [0.29, 0.717) is 25.1 Å². The predicted octanol–water partition coefficient (Wildman–Crippen LogP) is 2.54. The van der Waals surface area contributed by atoms with Gasteiger partial charge in [0.2, 0.25) is 0 Å². The van der Waals surface area contributed by atoms with Gasteiger partial charge in [-0.15, -0.1) is 13.2 Å². The van der Waals surface area contributed by atoms with Crippen LogP contribution in [0.2, 0.25) is 0 Å². The van der Waals surface area contributed by atoms with E-state index in [1.54, 1.807) is 18.2 Å². The van der Waals surface area contributed by atoms with Crippen molar-refractivity contribution in [3.05, 3.63) is 61.0 Å². The fraction of sp³-hybridized carbons (Fsp3) is 0.478. The van der Waals surface area contributed by atoms with Crippen LogP contribution < -0.4 is 5.32 Å². The van der Waals surface area contributed by atoms with Gasteiger partial charge < -0.3 is 15.1 Å². The fourth-order valence-electron chi connectivity index (χ4n) is 4.29. The standard InChI is InChI=1S/C23H31FN4O2/c1-3-11-28-21(17-25-23(28)30)20(4-2)27-15-13-26(14-16-27)12-5-6-22(29)18-7-9-19(24)10-8-18/h3-4,7-10,20-21H,1-2,5-6,11-17H2,(H,25,30). The van der Waals surface area contributed by atoms with Crippen LogP contribution in [0.15, 0.2) is 49.6 Å². The number of rotatable bonds is 10. The molecule has 2 heterocycles. The highest BCUT2D eigenvalue weighted by atomic mass is 19.1. The molecule has 2 aliphatic rings. The summed E-state index contributed by atoms with van der Waals surface area (Å²) in [4.78, 5) is 30.9. The summed E-state index contributed by atoms with van der Waals surface area (Å²) in [6.45, 7) is 13.4. The summed E-state index contributed by atoms with van der Waals surface area (Å²) in [6.07, 6.45) is 4.95. The molecule has 162 valence electrons. The Kier molecular flexibility index (Phi) is 7.76. The first-order valence-electron chi connectivity index (χ1n) is 10.6. The van der Waals surface area contributed by atoms with Gasteiger partial charge in [0, 0.05) is 57.3 Å². The van der Waals surface area contributed by atoms with Gasteiger partial charge in [0.1, 0.15) is 5.82 Å². The van der Waals surface area contributed by atoms with Crippen molar-refractivity contribution >= 4 is 11.8 Å². The number of hydrogen-bond acceptors (Lipinski definition) is 4. The quantitative estimate of drug-likeness (QED) is 0.472. The smallest absolute Gasteiger partial charge is 0.318 e. The molecule has 1 aromatic carbocycles. The van der Waals surface area contributed by atoms with Gasteiger partial charge in [-0.05, 0) is 37.2 Å². The summed E-state index contributed by atoms with van der Waals surface area (Å²) >= 11 is 0. The molecule has 0 spiro atoms. The Morgan fingerprint density at radius 3 is 2.53 bits per heavy atom. The Hall–Kier alpha value is -2.51. The molecule has 0 bridgehead atoms. The number of piperazine rings is 1. The average molecular weight is 415 g/mol. The van der Waals surface area contributed by atoms with E-state index in [1.807, 2.05) is 11.0 Å². The van der Waals surface area contributed by atoms with Crippen molar-refractivity contribution in [2.45, 2.75) is 24.9 Å². The number of ketones is 1. The third-order valence-corrected chi connectivity index (χ3v) is 5.96. The molecule has 0 aromatic heterocycles. The predicted molar refractivity (Wildman–Crippen MR) is 116 cm³/mol. The van der Waals surface area contributed by atoms with Gasteiger partial charge in [-0.2, -0.15) is 0 Å². The minimum absolute atomic E-state index is 0.0452. The van der Waals surface area contributed by atoms with E-state index in [4.69, 9.17) is 0 Å². The topological polar surface area (TPSA) is 55.9 Å². The van der Waals surface area contributed by atoms with Crippen molar-refractivity contribution in [2.24, 2.45) is 0 Å². The Balaban J connectivity index is 1.44. The maximum Gasteiger partial charge on any atom is 0.318 e. The third-order valence-electron chi connectivity index (χ3n) is 5.96. The molecule has 6 nitrogen and oxygen atoms in total. The average Bonchev–Trinajstić information content (AvgIpc) is 3.11.